The van der Waals surface area contributed by atoms with Gasteiger partial charge in [0, 0.05) is 18.0 Å². The molecule has 2 aromatic heterocycles. The smallest absolute Gasteiger partial charge is 0.239 e. The maximum atomic E-state index is 12.0. The molecule has 4 heterocycles. The van der Waals surface area contributed by atoms with Crippen LogP contribution in [0.25, 0.3) is 10.2 Å². The standard InChI is InChI=1S/C20H27N5O2S/c1-13-2-3-14-15(10-13)28-20-18(14)19(25-5-4-21-17(26)12-25)22-16(23-20)11-24-6-8-27-9-7-24/h13H,2-12H2,1H3,(H,21,26)/p+1/t13-/m0/s1. The van der Waals surface area contributed by atoms with Crippen molar-refractivity contribution in [2.45, 2.75) is 32.7 Å². The molecule has 7 nitrogen and oxygen atoms in total. The molecule has 2 saturated heterocycles. The van der Waals surface area contributed by atoms with E-state index < -0.39 is 0 Å². The summed E-state index contributed by atoms with van der Waals surface area (Å²) in [7, 11) is 0. The summed E-state index contributed by atoms with van der Waals surface area (Å²) in [5.41, 5.74) is 1.43. The Morgan fingerprint density at radius 1 is 1.32 bits per heavy atom. The maximum absolute atomic E-state index is 12.0. The van der Waals surface area contributed by atoms with Crippen LogP contribution in [0.3, 0.4) is 0 Å². The van der Waals surface area contributed by atoms with E-state index in [9.17, 15) is 4.79 Å². The van der Waals surface area contributed by atoms with Crippen LogP contribution < -0.4 is 15.1 Å². The zero-order valence-electron chi connectivity index (χ0n) is 16.4. The lowest BCUT2D eigenvalue weighted by Crippen LogP contribution is -3.12. The summed E-state index contributed by atoms with van der Waals surface area (Å²) >= 11 is 1.85. The third-order valence-electron chi connectivity index (χ3n) is 6.13. The van der Waals surface area contributed by atoms with Crippen molar-refractivity contribution in [2.24, 2.45) is 5.92 Å². The molecule has 8 heteroatoms. The molecule has 0 aromatic carbocycles. The molecule has 1 atom stereocenters. The number of carbonyl (C=O) groups is 1. The van der Waals surface area contributed by atoms with Gasteiger partial charge in [0.05, 0.1) is 25.1 Å². The van der Waals surface area contributed by atoms with Gasteiger partial charge in [-0.3, -0.25) is 4.79 Å². The highest BCUT2D eigenvalue weighted by molar-refractivity contribution is 7.19. The lowest BCUT2D eigenvalue weighted by molar-refractivity contribution is -0.922. The summed E-state index contributed by atoms with van der Waals surface area (Å²) in [6, 6.07) is 0. The molecule has 2 fully saturated rings. The Balaban J connectivity index is 1.57. The van der Waals surface area contributed by atoms with E-state index in [0.717, 1.165) is 74.6 Å². The Morgan fingerprint density at radius 2 is 2.18 bits per heavy atom. The van der Waals surface area contributed by atoms with Gasteiger partial charge in [-0.1, -0.05) is 6.92 Å². The molecule has 28 heavy (non-hydrogen) atoms. The minimum Gasteiger partial charge on any atom is -0.370 e. The van der Waals surface area contributed by atoms with Crippen molar-refractivity contribution < 1.29 is 14.4 Å². The Kier molecular flexibility index (Phi) is 4.94. The lowest BCUT2D eigenvalue weighted by atomic mass is 9.89. The average Bonchev–Trinajstić information content (AvgIpc) is 3.05. The molecule has 0 radical (unpaired) electrons. The average molecular weight is 403 g/mol. The molecule has 0 unspecified atom stereocenters. The molecule has 0 bridgehead atoms. The number of nitrogens with one attached hydrogen (secondary N) is 2. The first-order chi connectivity index (χ1) is 13.7. The number of aryl methyl sites for hydroxylation is 1. The van der Waals surface area contributed by atoms with E-state index in [1.54, 1.807) is 0 Å². The maximum Gasteiger partial charge on any atom is 0.239 e. The zero-order chi connectivity index (χ0) is 19.1. The quantitative estimate of drug-likeness (QED) is 0.766. The first-order valence-electron chi connectivity index (χ1n) is 10.4. The van der Waals surface area contributed by atoms with Crippen LogP contribution in [-0.4, -0.2) is 61.8 Å². The monoisotopic (exact) mass is 402 g/mol. The highest BCUT2D eigenvalue weighted by Crippen LogP contribution is 2.41. The molecular formula is C20H28N5O2S+. The van der Waals surface area contributed by atoms with Crippen LogP contribution in [0.2, 0.25) is 0 Å². The second kappa shape index (κ2) is 7.57. The van der Waals surface area contributed by atoms with Crippen LogP contribution in [0.4, 0.5) is 5.82 Å². The van der Waals surface area contributed by atoms with E-state index in [2.05, 4.69) is 17.1 Å². The van der Waals surface area contributed by atoms with Crippen molar-refractivity contribution in [1.29, 1.82) is 0 Å². The Morgan fingerprint density at radius 3 is 3.00 bits per heavy atom. The zero-order valence-corrected chi connectivity index (χ0v) is 17.2. The SMILES string of the molecule is C[C@H]1CCc2c(sc3nc(C[NH+]4CCOCC4)nc(N4CCNC(=O)C4)c23)C1. The van der Waals surface area contributed by atoms with E-state index >= 15 is 0 Å². The summed E-state index contributed by atoms with van der Waals surface area (Å²) in [6.07, 6.45) is 3.46. The molecule has 3 aliphatic rings. The molecular weight excluding hydrogens is 374 g/mol. The number of ether oxygens (including phenoxy) is 1. The molecule has 1 amide bonds. The fourth-order valence-electron chi connectivity index (χ4n) is 4.55. The summed E-state index contributed by atoms with van der Waals surface area (Å²) < 4.78 is 5.49. The molecule has 2 aromatic rings. The van der Waals surface area contributed by atoms with E-state index in [4.69, 9.17) is 14.7 Å². The number of anilines is 1. The van der Waals surface area contributed by atoms with Crippen molar-refractivity contribution in [3.63, 3.8) is 0 Å². The third kappa shape index (κ3) is 3.49. The minimum absolute atomic E-state index is 0.0797. The Hall–Kier alpha value is -1.77. The molecule has 5 rings (SSSR count). The topological polar surface area (TPSA) is 71.8 Å². The second-order valence-corrected chi connectivity index (χ2v) is 9.39. The predicted octanol–water partition coefficient (Wildman–Crippen LogP) is 0.167. The molecule has 0 spiro atoms. The van der Waals surface area contributed by atoms with Crippen molar-refractivity contribution in [3.8, 4) is 0 Å². The highest BCUT2D eigenvalue weighted by Gasteiger charge is 2.28. The van der Waals surface area contributed by atoms with Gasteiger partial charge in [0.15, 0.2) is 5.82 Å². The number of amides is 1. The first kappa shape index (κ1) is 18.3. The first-order valence-corrected chi connectivity index (χ1v) is 11.2. The number of nitrogens with zero attached hydrogens (tertiary/aromatic N) is 3. The van der Waals surface area contributed by atoms with E-state index in [0.29, 0.717) is 13.1 Å². The van der Waals surface area contributed by atoms with Gasteiger partial charge in [0.2, 0.25) is 5.91 Å². The molecule has 2 aliphatic heterocycles. The van der Waals surface area contributed by atoms with Crippen LogP contribution in [0.1, 0.15) is 29.6 Å². The fourth-order valence-corrected chi connectivity index (χ4v) is 5.95. The van der Waals surface area contributed by atoms with Crippen molar-refractivity contribution >= 4 is 33.3 Å². The van der Waals surface area contributed by atoms with Gasteiger partial charge in [-0.25, -0.2) is 9.97 Å². The van der Waals surface area contributed by atoms with Crippen LogP contribution >= 0.6 is 11.3 Å². The molecule has 2 N–H and O–H groups in total. The van der Waals surface area contributed by atoms with Gasteiger partial charge in [-0.2, -0.15) is 0 Å². The van der Waals surface area contributed by atoms with Gasteiger partial charge in [-0.15, -0.1) is 11.3 Å². The predicted molar refractivity (Wildman–Crippen MR) is 109 cm³/mol. The number of carbonyl (C=O) groups excluding carboxylic acids is 1. The Labute approximate surface area is 169 Å². The molecule has 1 aliphatic carbocycles. The highest BCUT2D eigenvalue weighted by atomic mass is 32.1. The largest absolute Gasteiger partial charge is 0.370 e. The second-order valence-electron chi connectivity index (χ2n) is 8.31. The van der Waals surface area contributed by atoms with Crippen LogP contribution in [0.15, 0.2) is 0 Å². The fraction of sp³-hybridized carbons (Fsp3) is 0.650. The van der Waals surface area contributed by atoms with Crippen molar-refractivity contribution in [2.75, 3.05) is 50.8 Å². The Bertz CT molecular complexity index is 892. The van der Waals surface area contributed by atoms with E-state index in [1.165, 1.54) is 27.1 Å². The van der Waals surface area contributed by atoms with Gasteiger partial charge >= 0.3 is 0 Å². The minimum atomic E-state index is 0.0797. The summed E-state index contributed by atoms with van der Waals surface area (Å²) in [5, 5.41) is 4.14. The number of thiophene rings is 1. The van der Waals surface area contributed by atoms with Gasteiger partial charge < -0.3 is 19.9 Å². The number of morpholine rings is 1. The number of aromatic nitrogens is 2. The number of piperazine rings is 1. The number of quaternary nitrogens is 1. The molecule has 0 saturated carbocycles. The number of hydrogen-bond donors (Lipinski definition) is 2. The normalized spacial score (nSPS) is 23.7. The number of hydrogen-bond acceptors (Lipinski definition) is 6. The summed E-state index contributed by atoms with van der Waals surface area (Å²) in [6.45, 7) is 8.65. The molecule has 150 valence electrons. The van der Waals surface area contributed by atoms with Crippen LogP contribution in [0, 0.1) is 5.92 Å². The van der Waals surface area contributed by atoms with E-state index in [1.807, 2.05) is 11.3 Å². The van der Waals surface area contributed by atoms with Crippen molar-refractivity contribution in [1.82, 2.24) is 15.3 Å². The van der Waals surface area contributed by atoms with Gasteiger partial charge in [-0.05, 0) is 30.7 Å². The van der Waals surface area contributed by atoms with Gasteiger partial charge in [0.1, 0.15) is 30.3 Å². The summed E-state index contributed by atoms with van der Waals surface area (Å²) in [4.78, 5) is 28.3. The number of fused-ring (bicyclic) bond motifs is 3. The van der Waals surface area contributed by atoms with Crippen molar-refractivity contribution in [3.05, 3.63) is 16.3 Å². The summed E-state index contributed by atoms with van der Waals surface area (Å²) in [5.74, 6) is 2.69. The van der Waals surface area contributed by atoms with E-state index in [-0.39, 0.29) is 5.91 Å². The lowest BCUT2D eigenvalue weighted by Gasteiger charge is -2.29. The number of rotatable bonds is 3. The third-order valence-corrected chi connectivity index (χ3v) is 7.28. The van der Waals surface area contributed by atoms with Crippen LogP contribution in [-0.2, 0) is 28.9 Å². The van der Waals surface area contributed by atoms with Crippen LogP contribution in [0.5, 0.6) is 0 Å². The van der Waals surface area contributed by atoms with Gasteiger partial charge in [0.25, 0.3) is 0 Å².